The highest BCUT2D eigenvalue weighted by molar-refractivity contribution is 14.1. The monoisotopic (exact) mass is 540 g/mol. The zero-order valence-corrected chi connectivity index (χ0v) is 18.5. The summed E-state index contributed by atoms with van der Waals surface area (Å²) in [5.41, 5.74) is -0.754. The number of piperidine rings is 1. The summed E-state index contributed by atoms with van der Waals surface area (Å²) < 4.78 is 72.3. The van der Waals surface area contributed by atoms with E-state index in [1.807, 2.05) is 22.6 Å². The van der Waals surface area contributed by atoms with Crippen molar-refractivity contribution >= 4 is 49.9 Å². The van der Waals surface area contributed by atoms with Gasteiger partial charge < -0.3 is 10.6 Å². The molecule has 1 heterocycles. The summed E-state index contributed by atoms with van der Waals surface area (Å²) in [5, 5.41) is 5.50. The van der Waals surface area contributed by atoms with Crippen molar-refractivity contribution < 1.29 is 21.6 Å². The van der Waals surface area contributed by atoms with E-state index in [1.165, 1.54) is 16.4 Å². The maximum absolute atomic E-state index is 14.5. The lowest BCUT2D eigenvalue weighted by molar-refractivity contribution is 0.226. The molecule has 0 amide bonds. The second-order valence-corrected chi connectivity index (χ2v) is 9.45. The van der Waals surface area contributed by atoms with Crippen molar-refractivity contribution in [3.05, 3.63) is 51.4 Å². The Morgan fingerprint density at radius 1 is 1.07 bits per heavy atom. The lowest BCUT2D eigenvalue weighted by Crippen LogP contribution is -2.52. The molecule has 158 valence electrons. The molecule has 3 rings (SSSR count). The van der Waals surface area contributed by atoms with Crippen LogP contribution in [0.2, 0.25) is 0 Å². The number of nitrogens with one attached hydrogen (secondary N) is 3. The second-order valence-electron chi connectivity index (χ2n) is 6.58. The summed E-state index contributed by atoms with van der Waals surface area (Å²) >= 11 is 1.93. The zero-order chi connectivity index (χ0) is 21.2. The molecule has 2 aromatic rings. The van der Waals surface area contributed by atoms with Crippen molar-refractivity contribution in [2.75, 3.05) is 23.6 Å². The van der Waals surface area contributed by atoms with Gasteiger partial charge in [-0.25, -0.2) is 13.2 Å². The summed E-state index contributed by atoms with van der Waals surface area (Å²) in [6.07, 6.45) is 1.71. The lowest BCUT2D eigenvalue weighted by Gasteiger charge is -2.34. The highest BCUT2D eigenvalue weighted by Crippen LogP contribution is 2.33. The maximum Gasteiger partial charge on any atom is 0.303 e. The standard InChI is InChI=1S/C18H20F3IN4O2S/c1-23-17-4-2-3-7-26(17)29(27,28)25-18-14(21)8-11(19)9-16(18)24-15-6-5-12(22)10-13(15)20/h5-6,8-10,17,23-25H,2-4,7H2,1H3. The fourth-order valence-corrected chi connectivity index (χ4v) is 5.13. The molecule has 11 heteroatoms. The minimum Gasteiger partial charge on any atom is -0.351 e. The summed E-state index contributed by atoms with van der Waals surface area (Å²) in [6.45, 7) is 0.262. The van der Waals surface area contributed by atoms with Crippen molar-refractivity contribution in [2.45, 2.75) is 25.4 Å². The molecular formula is C18H20F3IN4O2S. The van der Waals surface area contributed by atoms with Crippen LogP contribution in [0.4, 0.5) is 30.2 Å². The molecule has 1 aliphatic heterocycles. The Morgan fingerprint density at radius 3 is 2.52 bits per heavy atom. The van der Waals surface area contributed by atoms with Crippen LogP contribution in [0.25, 0.3) is 0 Å². The third kappa shape index (κ3) is 5.13. The first-order valence-electron chi connectivity index (χ1n) is 8.89. The minimum atomic E-state index is -4.14. The van der Waals surface area contributed by atoms with E-state index >= 15 is 0 Å². The molecule has 0 spiro atoms. The molecule has 1 atom stereocenters. The van der Waals surface area contributed by atoms with Crippen LogP contribution < -0.4 is 15.4 Å². The van der Waals surface area contributed by atoms with Crippen LogP contribution in [0.3, 0.4) is 0 Å². The van der Waals surface area contributed by atoms with Gasteiger partial charge in [-0.15, -0.1) is 0 Å². The molecule has 2 aromatic carbocycles. The van der Waals surface area contributed by atoms with Crippen LogP contribution in [0, 0.1) is 21.0 Å². The Balaban J connectivity index is 1.96. The van der Waals surface area contributed by atoms with Crippen molar-refractivity contribution in [3.8, 4) is 0 Å². The van der Waals surface area contributed by atoms with E-state index in [9.17, 15) is 21.6 Å². The number of hydrogen-bond acceptors (Lipinski definition) is 4. The van der Waals surface area contributed by atoms with E-state index < -0.39 is 39.5 Å². The van der Waals surface area contributed by atoms with E-state index in [2.05, 4.69) is 15.4 Å². The maximum atomic E-state index is 14.5. The predicted molar refractivity (Wildman–Crippen MR) is 115 cm³/mol. The molecule has 0 saturated carbocycles. The Kier molecular flexibility index (Phi) is 6.91. The van der Waals surface area contributed by atoms with Gasteiger partial charge >= 0.3 is 10.2 Å². The molecule has 1 aliphatic rings. The zero-order valence-electron chi connectivity index (χ0n) is 15.5. The second kappa shape index (κ2) is 9.06. The van der Waals surface area contributed by atoms with Crippen LogP contribution in [-0.4, -0.2) is 32.5 Å². The summed E-state index contributed by atoms with van der Waals surface area (Å²) in [6, 6.07) is 5.73. The molecule has 0 aliphatic carbocycles. The highest BCUT2D eigenvalue weighted by atomic mass is 127. The van der Waals surface area contributed by atoms with Gasteiger partial charge in [-0.2, -0.15) is 12.7 Å². The average molecular weight is 540 g/mol. The fraction of sp³-hybridized carbons (Fsp3) is 0.333. The van der Waals surface area contributed by atoms with Gasteiger partial charge in [-0.05, 0) is 73.2 Å². The molecule has 29 heavy (non-hydrogen) atoms. The molecule has 0 aromatic heterocycles. The minimum absolute atomic E-state index is 0.0399. The predicted octanol–water partition coefficient (Wildman–Crippen LogP) is 4.14. The number of rotatable bonds is 6. The highest BCUT2D eigenvalue weighted by Gasteiger charge is 2.32. The van der Waals surface area contributed by atoms with E-state index in [1.54, 1.807) is 13.1 Å². The lowest BCUT2D eigenvalue weighted by atomic mass is 10.1. The van der Waals surface area contributed by atoms with Gasteiger partial charge in [0.15, 0.2) is 5.82 Å². The first-order valence-corrected chi connectivity index (χ1v) is 11.4. The normalized spacial score (nSPS) is 17.9. The van der Waals surface area contributed by atoms with Crippen molar-refractivity contribution in [2.24, 2.45) is 0 Å². The SMILES string of the molecule is CNC1CCCCN1S(=O)(=O)Nc1c(F)cc(F)cc1Nc1ccc(I)cc1F. The Hall–Kier alpha value is -1.57. The first kappa shape index (κ1) is 22.1. The Bertz CT molecular complexity index is 1010. The Morgan fingerprint density at radius 2 is 1.83 bits per heavy atom. The van der Waals surface area contributed by atoms with Crippen LogP contribution in [0.1, 0.15) is 19.3 Å². The Labute approximate surface area is 181 Å². The summed E-state index contributed by atoms with van der Waals surface area (Å²) in [7, 11) is -2.50. The smallest absolute Gasteiger partial charge is 0.303 e. The van der Waals surface area contributed by atoms with Gasteiger partial charge in [0.25, 0.3) is 0 Å². The number of anilines is 3. The van der Waals surface area contributed by atoms with Gasteiger partial charge in [-0.1, -0.05) is 0 Å². The van der Waals surface area contributed by atoms with E-state index in [-0.39, 0.29) is 17.9 Å². The molecule has 1 fully saturated rings. The number of hydrogen-bond donors (Lipinski definition) is 3. The molecule has 3 N–H and O–H groups in total. The van der Waals surface area contributed by atoms with Gasteiger partial charge in [0.05, 0.1) is 17.5 Å². The quantitative estimate of drug-likeness (QED) is 0.482. The number of nitrogens with zero attached hydrogens (tertiary/aromatic N) is 1. The molecular weight excluding hydrogens is 520 g/mol. The van der Waals surface area contributed by atoms with Crippen LogP contribution in [0.5, 0.6) is 0 Å². The number of halogens is 4. The van der Waals surface area contributed by atoms with Crippen LogP contribution >= 0.6 is 22.6 Å². The third-order valence-corrected chi connectivity index (χ3v) is 6.77. The largest absolute Gasteiger partial charge is 0.351 e. The van der Waals surface area contributed by atoms with Crippen LogP contribution in [-0.2, 0) is 10.2 Å². The van der Waals surface area contributed by atoms with E-state index in [4.69, 9.17) is 0 Å². The van der Waals surface area contributed by atoms with Crippen LogP contribution in [0.15, 0.2) is 30.3 Å². The topological polar surface area (TPSA) is 73.5 Å². The molecule has 0 radical (unpaired) electrons. The van der Waals surface area contributed by atoms with E-state index in [0.29, 0.717) is 22.5 Å². The fourth-order valence-electron chi connectivity index (χ4n) is 3.18. The van der Waals surface area contributed by atoms with Gasteiger partial charge in [0.2, 0.25) is 0 Å². The van der Waals surface area contributed by atoms with Crippen molar-refractivity contribution in [1.29, 1.82) is 0 Å². The molecule has 1 unspecified atom stereocenters. The third-order valence-electron chi connectivity index (χ3n) is 4.58. The van der Waals surface area contributed by atoms with Crippen molar-refractivity contribution in [3.63, 3.8) is 0 Å². The molecule has 6 nitrogen and oxygen atoms in total. The number of benzene rings is 2. The van der Waals surface area contributed by atoms with Gasteiger partial charge in [0.1, 0.15) is 17.3 Å². The van der Waals surface area contributed by atoms with Gasteiger partial charge in [-0.3, -0.25) is 4.72 Å². The molecule has 1 saturated heterocycles. The average Bonchev–Trinajstić information content (AvgIpc) is 2.66. The summed E-state index contributed by atoms with van der Waals surface area (Å²) in [5.74, 6) is -2.67. The van der Waals surface area contributed by atoms with Crippen molar-refractivity contribution in [1.82, 2.24) is 9.62 Å². The van der Waals surface area contributed by atoms with Gasteiger partial charge in [0, 0.05) is 16.2 Å². The molecule has 0 bridgehead atoms. The summed E-state index contributed by atoms with van der Waals surface area (Å²) in [4.78, 5) is 0. The first-order chi connectivity index (χ1) is 13.7. The van der Waals surface area contributed by atoms with E-state index in [0.717, 1.165) is 12.5 Å².